The molecule has 2 N–H and O–H groups in total. The first-order valence-electron chi connectivity index (χ1n) is 10.3. The number of hydrogen-bond acceptors (Lipinski definition) is 9. The minimum absolute atomic E-state index is 0.152. The third-order valence-electron chi connectivity index (χ3n) is 4.05. The molecule has 0 unspecified atom stereocenters. The van der Waals surface area contributed by atoms with E-state index in [0.717, 1.165) is 17.0 Å². The predicted molar refractivity (Wildman–Crippen MR) is 132 cm³/mol. The quantitative estimate of drug-likeness (QED) is 0.223. The molecule has 0 fully saturated rings. The van der Waals surface area contributed by atoms with Crippen LogP contribution in [0.5, 0.6) is 5.75 Å². The Kier molecular flexibility index (Phi) is 9.28. The lowest BCUT2D eigenvalue weighted by Gasteiger charge is -2.09. The van der Waals surface area contributed by atoms with E-state index in [2.05, 4.69) is 20.8 Å². The number of rotatable bonds is 11. The first-order valence-corrected chi connectivity index (χ1v) is 12.1. The van der Waals surface area contributed by atoms with Crippen molar-refractivity contribution in [2.75, 3.05) is 29.6 Å². The summed E-state index contributed by atoms with van der Waals surface area (Å²) >= 11 is 2.68. The lowest BCUT2D eigenvalue weighted by Crippen LogP contribution is -2.13. The average molecular weight is 485 g/mol. The number of benzene rings is 2. The first kappa shape index (κ1) is 24.3. The number of hydrogen-bond donors (Lipinski definition) is 2. The highest BCUT2D eigenvalue weighted by Gasteiger charge is 2.10. The maximum Gasteiger partial charge on any atom is 0.330 e. The smallest absolute Gasteiger partial charge is 0.330 e. The molecular formula is C23H24N4O4S2. The number of carbonyl (C=O) groups excluding carboxylic acids is 2. The maximum absolute atomic E-state index is 12.3. The lowest BCUT2D eigenvalue weighted by molar-refractivity contribution is -0.137. The van der Waals surface area contributed by atoms with Gasteiger partial charge in [-0.2, -0.15) is 0 Å². The number of nitrogens with one attached hydrogen (secondary N) is 2. The number of thioether (sulfide) groups is 1. The Morgan fingerprint density at radius 2 is 1.85 bits per heavy atom. The molecule has 8 nitrogen and oxygen atoms in total. The van der Waals surface area contributed by atoms with Gasteiger partial charge in [0.25, 0.3) is 0 Å². The molecule has 0 aliphatic heterocycles. The molecule has 0 aliphatic carbocycles. The van der Waals surface area contributed by atoms with Gasteiger partial charge in [0.15, 0.2) is 4.34 Å². The fourth-order valence-electron chi connectivity index (χ4n) is 2.64. The van der Waals surface area contributed by atoms with Crippen LogP contribution in [0.4, 0.5) is 16.5 Å². The molecule has 1 aromatic heterocycles. The molecule has 10 heteroatoms. The number of para-hydroxylation sites is 2. The van der Waals surface area contributed by atoms with E-state index < -0.39 is 0 Å². The number of carbonyl (C=O) groups is 2. The summed E-state index contributed by atoms with van der Waals surface area (Å²) in [5, 5.41) is 14.9. The minimum Gasteiger partial charge on any atom is -0.492 e. The molecule has 0 saturated carbocycles. The van der Waals surface area contributed by atoms with Gasteiger partial charge < -0.3 is 20.1 Å². The molecule has 0 aliphatic rings. The van der Waals surface area contributed by atoms with E-state index in [1.165, 1.54) is 29.2 Å². The standard InChI is InChI=1S/C23H24N4O4S2/c1-3-30-19-8-6-5-7-18(19)25-22-26-27-23(33-22)32-15-20(28)24-17-12-9-16(10-13-17)11-14-21(29)31-4-2/h5-14H,3-4,15H2,1-2H3,(H,24,28)(H,25,26)/b14-11+. The number of amides is 1. The molecule has 0 atom stereocenters. The number of anilines is 3. The van der Waals surface area contributed by atoms with E-state index in [1.54, 1.807) is 37.3 Å². The molecule has 1 heterocycles. The molecule has 172 valence electrons. The third-order valence-corrected chi connectivity index (χ3v) is 6.03. The molecular weight excluding hydrogens is 460 g/mol. The Labute approximate surface area is 200 Å². The molecule has 0 radical (unpaired) electrons. The Balaban J connectivity index is 1.48. The SMILES string of the molecule is CCOC(=O)/C=C/c1ccc(NC(=O)CSc2nnc(Nc3ccccc3OCC)s2)cc1. The summed E-state index contributed by atoms with van der Waals surface area (Å²) in [6.45, 7) is 4.59. The average Bonchev–Trinajstić information content (AvgIpc) is 3.26. The fourth-order valence-corrected chi connectivity index (χ4v) is 4.21. The molecule has 0 saturated heterocycles. The highest BCUT2D eigenvalue weighted by atomic mass is 32.2. The second-order valence-electron chi connectivity index (χ2n) is 6.47. The van der Waals surface area contributed by atoms with E-state index in [4.69, 9.17) is 9.47 Å². The monoisotopic (exact) mass is 484 g/mol. The van der Waals surface area contributed by atoms with E-state index in [0.29, 0.717) is 28.4 Å². The Hall–Kier alpha value is -3.37. The Morgan fingerprint density at radius 1 is 1.06 bits per heavy atom. The van der Waals surface area contributed by atoms with Gasteiger partial charge in [0.05, 0.1) is 24.7 Å². The summed E-state index contributed by atoms with van der Waals surface area (Å²) in [7, 11) is 0. The topological polar surface area (TPSA) is 102 Å². The van der Waals surface area contributed by atoms with E-state index in [9.17, 15) is 9.59 Å². The number of ether oxygens (including phenoxy) is 2. The molecule has 33 heavy (non-hydrogen) atoms. The second-order valence-corrected chi connectivity index (χ2v) is 8.67. The van der Waals surface area contributed by atoms with Crippen LogP contribution in [0, 0.1) is 0 Å². The number of esters is 1. The maximum atomic E-state index is 12.3. The van der Waals surface area contributed by atoms with Gasteiger partial charge in [-0.05, 0) is 49.8 Å². The second kappa shape index (κ2) is 12.6. The number of nitrogens with zero attached hydrogens (tertiary/aromatic N) is 2. The third kappa shape index (κ3) is 7.92. The van der Waals surface area contributed by atoms with Crippen LogP contribution in [-0.4, -0.2) is 41.0 Å². The Bertz CT molecular complexity index is 1100. The van der Waals surface area contributed by atoms with Crippen molar-refractivity contribution in [3.63, 3.8) is 0 Å². The lowest BCUT2D eigenvalue weighted by atomic mass is 10.2. The van der Waals surface area contributed by atoms with Gasteiger partial charge in [0, 0.05) is 11.8 Å². The highest BCUT2D eigenvalue weighted by Crippen LogP contribution is 2.31. The summed E-state index contributed by atoms with van der Waals surface area (Å²) in [5.74, 6) is 0.405. The van der Waals surface area contributed by atoms with Gasteiger partial charge in [-0.25, -0.2) is 4.79 Å². The van der Waals surface area contributed by atoms with Crippen LogP contribution in [0.2, 0.25) is 0 Å². The molecule has 2 aromatic carbocycles. The van der Waals surface area contributed by atoms with Crippen LogP contribution < -0.4 is 15.4 Å². The van der Waals surface area contributed by atoms with Crippen molar-refractivity contribution in [3.8, 4) is 5.75 Å². The first-order chi connectivity index (χ1) is 16.1. The summed E-state index contributed by atoms with van der Waals surface area (Å²) < 4.78 is 11.1. The fraction of sp³-hybridized carbons (Fsp3) is 0.217. The van der Waals surface area contributed by atoms with Crippen molar-refractivity contribution < 1.29 is 19.1 Å². The number of aromatic nitrogens is 2. The molecule has 0 spiro atoms. The van der Waals surface area contributed by atoms with Gasteiger partial charge in [-0.1, -0.05) is 47.4 Å². The van der Waals surface area contributed by atoms with Crippen LogP contribution in [-0.2, 0) is 14.3 Å². The van der Waals surface area contributed by atoms with E-state index >= 15 is 0 Å². The largest absolute Gasteiger partial charge is 0.492 e. The van der Waals surface area contributed by atoms with Crippen molar-refractivity contribution in [2.24, 2.45) is 0 Å². The van der Waals surface area contributed by atoms with Gasteiger partial charge in [0.1, 0.15) is 5.75 Å². The molecule has 0 bridgehead atoms. The predicted octanol–water partition coefficient (Wildman–Crippen LogP) is 4.99. The highest BCUT2D eigenvalue weighted by molar-refractivity contribution is 8.01. The zero-order chi connectivity index (χ0) is 23.5. The normalized spacial score (nSPS) is 10.7. The van der Waals surface area contributed by atoms with Crippen molar-refractivity contribution in [3.05, 3.63) is 60.2 Å². The zero-order valence-electron chi connectivity index (χ0n) is 18.2. The van der Waals surface area contributed by atoms with Gasteiger partial charge in [-0.15, -0.1) is 10.2 Å². The summed E-state index contributed by atoms with van der Waals surface area (Å²) in [5.41, 5.74) is 2.31. The van der Waals surface area contributed by atoms with Crippen LogP contribution in [0.25, 0.3) is 6.08 Å². The van der Waals surface area contributed by atoms with Gasteiger partial charge >= 0.3 is 5.97 Å². The van der Waals surface area contributed by atoms with Crippen molar-refractivity contribution in [2.45, 2.75) is 18.2 Å². The summed E-state index contributed by atoms with van der Waals surface area (Å²) in [6.07, 6.45) is 3.03. The van der Waals surface area contributed by atoms with E-state index in [1.807, 2.05) is 31.2 Å². The van der Waals surface area contributed by atoms with Gasteiger partial charge in [0.2, 0.25) is 11.0 Å². The molecule has 1 amide bonds. The van der Waals surface area contributed by atoms with Crippen molar-refractivity contribution in [1.82, 2.24) is 10.2 Å². The van der Waals surface area contributed by atoms with Crippen molar-refractivity contribution >= 4 is 57.6 Å². The summed E-state index contributed by atoms with van der Waals surface area (Å²) in [4.78, 5) is 23.7. The summed E-state index contributed by atoms with van der Waals surface area (Å²) in [6, 6.07) is 14.8. The Morgan fingerprint density at radius 3 is 2.61 bits per heavy atom. The van der Waals surface area contributed by atoms with Crippen LogP contribution in [0.1, 0.15) is 19.4 Å². The van der Waals surface area contributed by atoms with Crippen LogP contribution in [0.15, 0.2) is 58.9 Å². The van der Waals surface area contributed by atoms with E-state index in [-0.39, 0.29) is 17.6 Å². The molecule has 3 aromatic rings. The van der Waals surface area contributed by atoms with Crippen LogP contribution in [0.3, 0.4) is 0 Å². The van der Waals surface area contributed by atoms with Gasteiger partial charge in [-0.3, -0.25) is 4.79 Å². The minimum atomic E-state index is -0.388. The van der Waals surface area contributed by atoms with Crippen LogP contribution >= 0.6 is 23.1 Å². The zero-order valence-corrected chi connectivity index (χ0v) is 19.9. The molecule has 3 rings (SSSR count). The van der Waals surface area contributed by atoms with Crippen molar-refractivity contribution in [1.29, 1.82) is 0 Å².